The normalized spacial score (nSPS) is 11.8. The SMILES string of the molecule is CN=C(NCCc1nnc2ccccn12)NCc1ccc(C)s1. The summed E-state index contributed by atoms with van der Waals surface area (Å²) in [5.74, 6) is 1.74. The quantitative estimate of drug-likeness (QED) is 0.555. The minimum Gasteiger partial charge on any atom is -0.356 e. The average Bonchev–Trinajstić information content (AvgIpc) is 3.17. The number of nitrogens with zero attached hydrogens (tertiary/aromatic N) is 4. The van der Waals surface area contributed by atoms with Crippen molar-refractivity contribution in [2.24, 2.45) is 4.99 Å². The molecule has 23 heavy (non-hydrogen) atoms. The second-order valence-corrected chi connectivity index (χ2v) is 6.53. The molecule has 0 amide bonds. The van der Waals surface area contributed by atoms with Crippen molar-refractivity contribution in [3.05, 3.63) is 52.1 Å². The number of aliphatic imine (C=N–C) groups is 1. The van der Waals surface area contributed by atoms with Gasteiger partial charge in [0.05, 0.1) is 6.54 Å². The zero-order valence-electron chi connectivity index (χ0n) is 13.3. The molecule has 0 aliphatic carbocycles. The van der Waals surface area contributed by atoms with E-state index >= 15 is 0 Å². The van der Waals surface area contributed by atoms with Crippen LogP contribution < -0.4 is 10.6 Å². The Morgan fingerprint density at radius 2 is 2.13 bits per heavy atom. The fourth-order valence-electron chi connectivity index (χ4n) is 2.33. The molecule has 120 valence electrons. The highest BCUT2D eigenvalue weighted by atomic mass is 32.1. The predicted octanol–water partition coefficient (Wildman–Crippen LogP) is 2.01. The van der Waals surface area contributed by atoms with Crippen LogP contribution in [0.15, 0.2) is 41.5 Å². The monoisotopic (exact) mass is 328 g/mol. The maximum atomic E-state index is 4.25. The second-order valence-electron chi connectivity index (χ2n) is 5.16. The first-order valence-corrected chi connectivity index (χ1v) is 8.36. The van der Waals surface area contributed by atoms with E-state index < -0.39 is 0 Å². The molecule has 0 unspecified atom stereocenters. The van der Waals surface area contributed by atoms with Gasteiger partial charge >= 0.3 is 0 Å². The molecule has 3 rings (SSSR count). The molecule has 6 nitrogen and oxygen atoms in total. The number of aryl methyl sites for hydroxylation is 1. The summed E-state index contributed by atoms with van der Waals surface area (Å²) in [7, 11) is 1.78. The number of thiophene rings is 1. The fraction of sp³-hybridized carbons (Fsp3) is 0.312. The molecular weight excluding hydrogens is 308 g/mol. The average molecular weight is 328 g/mol. The first-order chi connectivity index (χ1) is 11.3. The molecule has 0 saturated carbocycles. The zero-order chi connectivity index (χ0) is 16.1. The van der Waals surface area contributed by atoms with E-state index in [-0.39, 0.29) is 0 Å². The van der Waals surface area contributed by atoms with Gasteiger partial charge in [-0.25, -0.2) is 0 Å². The maximum Gasteiger partial charge on any atom is 0.191 e. The van der Waals surface area contributed by atoms with E-state index in [1.165, 1.54) is 9.75 Å². The number of pyridine rings is 1. The summed E-state index contributed by atoms with van der Waals surface area (Å²) in [5.41, 5.74) is 0.873. The molecule has 0 radical (unpaired) electrons. The third-order valence-corrected chi connectivity index (χ3v) is 4.48. The topological polar surface area (TPSA) is 66.6 Å². The van der Waals surface area contributed by atoms with Gasteiger partial charge in [0, 0.05) is 36.0 Å². The number of guanidine groups is 1. The molecule has 0 spiro atoms. The van der Waals surface area contributed by atoms with Gasteiger partial charge in [0.1, 0.15) is 5.82 Å². The van der Waals surface area contributed by atoms with Gasteiger partial charge in [-0.1, -0.05) is 6.07 Å². The highest BCUT2D eigenvalue weighted by molar-refractivity contribution is 7.11. The van der Waals surface area contributed by atoms with Gasteiger partial charge in [0.2, 0.25) is 0 Å². The van der Waals surface area contributed by atoms with E-state index in [9.17, 15) is 0 Å². The maximum absolute atomic E-state index is 4.25. The summed E-state index contributed by atoms with van der Waals surface area (Å²) in [6, 6.07) is 10.2. The van der Waals surface area contributed by atoms with E-state index in [0.29, 0.717) is 0 Å². The molecule has 3 aromatic rings. The van der Waals surface area contributed by atoms with Crippen molar-refractivity contribution >= 4 is 22.9 Å². The number of aromatic nitrogens is 3. The molecule has 2 N–H and O–H groups in total. The summed E-state index contributed by atoms with van der Waals surface area (Å²) in [6.45, 7) is 3.65. The molecule has 0 aromatic carbocycles. The minimum absolute atomic E-state index is 0.749. The van der Waals surface area contributed by atoms with Crippen molar-refractivity contribution in [1.29, 1.82) is 0 Å². The molecule has 3 heterocycles. The first-order valence-electron chi connectivity index (χ1n) is 7.55. The summed E-state index contributed by atoms with van der Waals surface area (Å²) < 4.78 is 2.01. The zero-order valence-corrected chi connectivity index (χ0v) is 14.1. The molecule has 0 bridgehead atoms. The lowest BCUT2D eigenvalue weighted by Crippen LogP contribution is -2.37. The number of hydrogen-bond donors (Lipinski definition) is 2. The van der Waals surface area contributed by atoms with Crippen LogP contribution in [-0.2, 0) is 13.0 Å². The lowest BCUT2D eigenvalue weighted by Gasteiger charge is -2.10. The Morgan fingerprint density at radius 1 is 1.22 bits per heavy atom. The molecule has 0 atom stereocenters. The van der Waals surface area contributed by atoms with Crippen molar-refractivity contribution in [3.8, 4) is 0 Å². The Hall–Kier alpha value is -2.41. The van der Waals surface area contributed by atoms with Gasteiger partial charge in [-0.3, -0.25) is 9.39 Å². The van der Waals surface area contributed by atoms with Crippen LogP contribution >= 0.6 is 11.3 Å². The Morgan fingerprint density at radius 3 is 2.91 bits per heavy atom. The van der Waals surface area contributed by atoms with E-state index in [4.69, 9.17) is 0 Å². The highest BCUT2D eigenvalue weighted by Crippen LogP contribution is 2.14. The van der Waals surface area contributed by atoms with Crippen LogP contribution in [0.2, 0.25) is 0 Å². The van der Waals surface area contributed by atoms with E-state index in [1.54, 1.807) is 18.4 Å². The Kier molecular flexibility index (Phi) is 4.87. The minimum atomic E-state index is 0.749. The van der Waals surface area contributed by atoms with Crippen LogP contribution in [0.1, 0.15) is 15.6 Å². The first kappa shape index (κ1) is 15.5. The van der Waals surface area contributed by atoms with Crippen molar-refractivity contribution in [1.82, 2.24) is 25.2 Å². The van der Waals surface area contributed by atoms with E-state index in [2.05, 4.69) is 44.9 Å². The number of fused-ring (bicyclic) bond motifs is 1. The van der Waals surface area contributed by atoms with Gasteiger partial charge in [0.25, 0.3) is 0 Å². The fourth-order valence-corrected chi connectivity index (χ4v) is 3.16. The van der Waals surface area contributed by atoms with Gasteiger partial charge in [-0.05, 0) is 31.2 Å². The van der Waals surface area contributed by atoms with Gasteiger partial charge in [-0.2, -0.15) is 0 Å². The largest absolute Gasteiger partial charge is 0.356 e. The van der Waals surface area contributed by atoms with Gasteiger partial charge in [0.15, 0.2) is 11.6 Å². The third-order valence-electron chi connectivity index (χ3n) is 3.48. The standard InChI is InChI=1S/C16H20N6S/c1-12-6-7-13(23-12)11-19-16(17-2)18-9-8-15-21-20-14-5-3-4-10-22(14)15/h3-7,10H,8-9,11H2,1-2H3,(H2,17,18,19). The lowest BCUT2D eigenvalue weighted by atomic mass is 10.4. The Balaban J connectivity index is 1.50. The molecule has 3 aromatic heterocycles. The van der Waals surface area contributed by atoms with Crippen molar-refractivity contribution in [2.45, 2.75) is 19.9 Å². The molecule has 7 heteroatoms. The molecular formula is C16H20N6S. The smallest absolute Gasteiger partial charge is 0.191 e. The van der Waals surface area contributed by atoms with Crippen LogP contribution in [0.4, 0.5) is 0 Å². The molecule has 0 saturated heterocycles. The summed E-state index contributed by atoms with van der Waals surface area (Å²) >= 11 is 1.80. The molecule has 0 aliphatic rings. The van der Waals surface area contributed by atoms with E-state index in [1.807, 2.05) is 28.8 Å². The molecule has 0 aliphatic heterocycles. The number of rotatable bonds is 5. The van der Waals surface area contributed by atoms with Crippen LogP contribution in [0, 0.1) is 6.92 Å². The lowest BCUT2D eigenvalue weighted by molar-refractivity contribution is 0.763. The van der Waals surface area contributed by atoms with E-state index in [0.717, 1.165) is 36.9 Å². The van der Waals surface area contributed by atoms with Crippen LogP contribution in [0.5, 0.6) is 0 Å². The number of hydrogen-bond acceptors (Lipinski definition) is 4. The molecule has 0 fully saturated rings. The van der Waals surface area contributed by atoms with Crippen molar-refractivity contribution < 1.29 is 0 Å². The van der Waals surface area contributed by atoms with Crippen LogP contribution in [-0.4, -0.2) is 34.2 Å². The van der Waals surface area contributed by atoms with Gasteiger partial charge < -0.3 is 10.6 Å². The van der Waals surface area contributed by atoms with Crippen LogP contribution in [0.25, 0.3) is 5.65 Å². The summed E-state index contributed by atoms with van der Waals surface area (Å²) in [5, 5.41) is 15.0. The Bertz CT molecular complexity index is 804. The Labute approximate surface area is 139 Å². The van der Waals surface area contributed by atoms with Crippen molar-refractivity contribution in [3.63, 3.8) is 0 Å². The summed E-state index contributed by atoms with van der Waals surface area (Å²) in [6.07, 6.45) is 2.76. The third kappa shape index (κ3) is 3.87. The highest BCUT2D eigenvalue weighted by Gasteiger charge is 2.05. The van der Waals surface area contributed by atoms with Gasteiger partial charge in [-0.15, -0.1) is 21.5 Å². The van der Waals surface area contributed by atoms with Crippen LogP contribution in [0.3, 0.4) is 0 Å². The van der Waals surface area contributed by atoms with Crippen molar-refractivity contribution in [2.75, 3.05) is 13.6 Å². The number of nitrogens with one attached hydrogen (secondary N) is 2. The predicted molar refractivity (Wildman–Crippen MR) is 93.9 cm³/mol. The summed E-state index contributed by atoms with van der Waals surface area (Å²) in [4.78, 5) is 6.87. The second kappa shape index (κ2) is 7.23.